The number of carbonyl (C=O) groups is 1. The Morgan fingerprint density at radius 2 is 1.93 bits per heavy atom. The fourth-order valence-corrected chi connectivity index (χ4v) is 4.60. The van der Waals surface area contributed by atoms with Crippen LogP contribution >= 0.6 is 34.5 Å². The summed E-state index contributed by atoms with van der Waals surface area (Å²) in [5, 5.41) is 4.02. The number of carbonyl (C=O) groups excluding carboxylic acids is 1. The summed E-state index contributed by atoms with van der Waals surface area (Å²) in [6.07, 6.45) is 1.40. The molecule has 0 aliphatic rings. The molecule has 146 valence electrons. The van der Waals surface area contributed by atoms with Crippen molar-refractivity contribution in [1.82, 2.24) is 9.55 Å². The number of anilines is 1. The molecule has 0 saturated carbocycles. The molecule has 0 saturated heterocycles. The zero-order valence-corrected chi connectivity index (χ0v) is 17.6. The first-order valence-electron chi connectivity index (χ1n) is 8.73. The van der Waals surface area contributed by atoms with E-state index in [1.807, 2.05) is 37.3 Å². The summed E-state index contributed by atoms with van der Waals surface area (Å²) in [6, 6.07) is 14.5. The monoisotopic (exact) mass is 443 g/mol. The lowest BCUT2D eigenvalue weighted by Crippen LogP contribution is -2.27. The van der Waals surface area contributed by atoms with Gasteiger partial charge in [0.05, 0.1) is 22.4 Å². The molecule has 0 radical (unpaired) electrons. The Morgan fingerprint density at radius 3 is 2.66 bits per heavy atom. The quantitative estimate of drug-likeness (QED) is 0.460. The van der Waals surface area contributed by atoms with Crippen molar-refractivity contribution >= 4 is 56.3 Å². The minimum Gasteiger partial charge on any atom is -0.323 e. The van der Waals surface area contributed by atoms with E-state index < -0.39 is 0 Å². The summed E-state index contributed by atoms with van der Waals surface area (Å²) < 4.78 is 1.31. The van der Waals surface area contributed by atoms with Crippen molar-refractivity contribution in [1.29, 1.82) is 0 Å². The number of halogens is 2. The van der Waals surface area contributed by atoms with Gasteiger partial charge in [0.15, 0.2) is 0 Å². The molecule has 0 fully saturated rings. The van der Waals surface area contributed by atoms with E-state index in [1.54, 1.807) is 18.2 Å². The lowest BCUT2D eigenvalue weighted by molar-refractivity contribution is -0.116. The van der Waals surface area contributed by atoms with Gasteiger partial charge in [0.1, 0.15) is 11.4 Å². The molecule has 4 aromatic rings. The maximum Gasteiger partial charge on any atom is 0.263 e. The molecule has 0 bridgehead atoms. The highest BCUT2D eigenvalue weighted by atomic mass is 35.5. The molecule has 0 atom stereocenters. The highest BCUT2D eigenvalue weighted by molar-refractivity contribution is 7.19. The van der Waals surface area contributed by atoms with E-state index in [9.17, 15) is 9.59 Å². The van der Waals surface area contributed by atoms with Crippen molar-refractivity contribution in [2.45, 2.75) is 13.5 Å². The third kappa shape index (κ3) is 3.92. The van der Waals surface area contributed by atoms with Crippen molar-refractivity contribution < 1.29 is 4.79 Å². The second kappa shape index (κ2) is 7.99. The second-order valence-electron chi connectivity index (χ2n) is 6.43. The number of thiophene rings is 1. The van der Waals surface area contributed by atoms with Crippen molar-refractivity contribution in [3.8, 4) is 11.1 Å². The van der Waals surface area contributed by atoms with Gasteiger partial charge in [-0.2, -0.15) is 0 Å². The number of hydrogen-bond donors (Lipinski definition) is 1. The van der Waals surface area contributed by atoms with Crippen LogP contribution < -0.4 is 10.9 Å². The first-order valence-corrected chi connectivity index (χ1v) is 10.3. The first kappa shape index (κ1) is 19.6. The van der Waals surface area contributed by atoms with Gasteiger partial charge in [-0.1, -0.05) is 53.5 Å². The van der Waals surface area contributed by atoms with E-state index in [-0.39, 0.29) is 18.0 Å². The molecule has 4 rings (SSSR count). The van der Waals surface area contributed by atoms with Gasteiger partial charge in [-0.25, -0.2) is 4.98 Å². The highest BCUT2D eigenvalue weighted by Crippen LogP contribution is 2.35. The molecule has 2 aromatic heterocycles. The molecule has 5 nitrogen and oxygen atoms in total. The fraction of sp³-hybridized carbons (Fsp3) is 0.0952. The molecular weight excluding hydrogens is 429 g/mol. The molecular formula is C21H15Cl2N3O2S. The van der Waals surface area contributed by atoms with E-state index in [1.165, 1.54) is 22.2 Å². The van der Waals surface area contributed by atoms with Gasteiger partial charge < -0.3 is 5.32 Å². The molecule has 0 aliphatic carbocycles. The summed E-state index contributed by atoms with van der Waals surface area (Å²) in [5.74, 6) is -0.384. The average Bonchev–Trinajstić information content (AvgIpc) is 3.04. The van der Waals surface area contributed by atoms with Crippen molar-refractivity contribution in [3.05, 3.63) is 80.1 Å². The fourth-order valence-electron chi connectivity index (χ4n) is 3.14. The normalized spacial score (nSPS) is 11.0. The smallest absolute Gasteiger partial charge is 0.263 e. The third-order valence-electron chi connectivity index (χ3n) is 4.44. The molecule has 0 unspecified atom stereocenters. The maximum atomic E-state index is 13.1. The summed E-state index contributed by atoms with van der Waals surface area (Å²) in [7, 11) is 0. The molecule has 0 spiro atoms. The van der Waals surface area contributed by atoms with Crippen LogP contribution in [0.2, 0.25) is 10.0 Å². The number of benzene rings is 2. The molecule has 29 heavy (non-hydrogen) atoms. The number of fused-ring (bicyclic) bond motifs is 1. The standard InChI is InChI=1S/C21H15Cl2N3O2S/c1-12-18(13-5-3-2-4-6-13)19-20(29-12)24-11-26(21(19)28)10-17(27)25-16-8-7-14(22)9-15(16)23/h2-9,11H,10H2,1H3,(H,25,27). The SMILES string of the molecule is Cc1sc2ncn(CC(=O)Nc3ccc(Cl)cc3Cl)c(=O)c2c1-c1ccccc1. The lowest BCUT2D eigenvalue weighted by atomic mass is 10.0. The number of rotatable bonds is 4. The maximum absolute atomic E-state index is 13.1. The number of aromatic nitrogens is 2. The van der Waals surface area contributed by atoms with Crippen LogP contribution in [-0.4, -0.2) is 15.5 Å². The number of nitrogens with zero attached hydrogens (tertiary/aromatic N) is 2. The summed E-state index contributed by atoms with van der Waals surface area (Å²) in [5.41, 5.74) is 1.99. The van der Waals surface area contributed by atoms with Gasteiger partial charge in [-0.3, -0.25) is 14.2 Å². The van der Waals surface area contributed by atoms with Crippen LogP contribution in [0.15, 0.2) is 59.7 Å². The van der Waals surface area contributed by atoms with E-state index in [2.05, 4.69) is 10.3 Å². The lowest BCUT2D eigenvalue weighted by Gasteiger charge is -2.09. The van der Waals surface area contributed by atoms with E-state index in [0.717, 1.165) is 16.0 Å². The van der Waals surface area contributed by atoms with Crippen LogP contribution in [0, 0.1) is 6.92 Å². The van der Waals surface area contributed by atoms with Crippen molar-refractivity contribution in [2.24, 2.45) is 0 Å². The number of aryl methyl sites for hydroxylation is 1. The minimum absolute atomic E-state index is 0.177. The topological polar surface area (TPSA) is 64.0 Å². The molecule has 2 aromatic carbocycles. The predicted octanol–water partition coefficient (Wildman–Crippen LogP) is 5.38. The Bertz CT molecular complexity index is 1280. The van der Waals surface area contributed by atoms with Crippen molar-refractivity contribution in [3.63, 3.8) is 0 Å². The largest absolute Gasteiger partial charge is 0.323 e. The third-order valence-corrected chi connectivity index (χ3v) is 6.00. The highest BCUT2D eigenvalue weighted by Gasteiger charge is 2.18. The van der Waals surface area contributed by atoms with Crippen LogP contribution in [0.5, 0.6) is 0 Å². The van der Waals surface area contributed by atoms with Crippen molar-refractivity contribution in [2.75, 3.05) is 5.32 Å². The van der Waals surface area contributed by atoms with Gasteiger partial charge in [0.2, 0.25) is 5.91 Å². The van der Waals surface area contributed by atoms with Crippen LogP contribution in [0.4, 0.5) is 5.69 Å². The van der Waals surface area contributed by atoms with Gasteiger partial charge in [-0.15, -0.1) is 11.3 Å². The van der Waals surface area contributed by atoms with Crippen LogP contribution in [0.25, 0.3) is 21.3 Å². The molecule has 8 heteroatoms. The van der Waals surface area contributed by atoms with Gasteiger partial charge in [0, 0.05) is 15.5 Å². The summed E-state index contributed by atoms with van der Waals surface area (Å²) in [4.78, 5) is 31.7. The molecule has 1 N–H and O–H groups in total. The first-order chi connectivity index (χ1) is 13.9. The summed E-state index contributed by atoms with van der Waals surface area (Å²) in [6.45, 7) is 1.79. The predicted molar refractivity (Wildman–Crippen MR) is 119 cm³/mol. The molecule has 0 aliphatic heterocycles. The Balaban J connectivity index is 1.69. The minimum atomic E-state index is -0.384. The van der Waals surface area contributed by atoms with Gasteiger partial charge in [0.25, 0.3) is 5.56 Å². The molecule has 1 amide bonds. The Labute approximate surface area is 180 Å². The number of amides is 1. The van der Waals surface area contributed by atoms with E-state index in [0.29, 0.717) is 25.9 Å². The van der Waals surface area contributed by atoms with Crippen LogP contribution in [0.3, 0.4) is 0 Å². The van der Waals surface area contributed by atoms with Crippen LogP contribution in [-0.2, 0) is 11.3 Å². The average molecular weight is 444 g/mol. The summed E-state index contributed by atoms with van der Waals surface area (Å²) >= 11 is 13.4. The number of nitrogens with one attached hydrogen (secondary N) is 1. The van der Waals surface area contributed by atoms with E-state index in [4.69, 9.17) is 23.2 Å². The Kier molecular flexibility index (Phi) is 5.41. The van der Waals surface area contributed by atoms with Gasteiger partial charge >= 0.3 is 0 Å². The van der Waals surface area contributed by atoms with E-state index >= 15 is 0 Å². The number of hydrogen-bond acceptors (Lipinski definition) is 4. The zero-order chi connectivity index (χ0) is 20.5. The van der Waals surface area contributed by atoms with Crippen LogP contribution in [0.1, 0.15) is 4.88 Å². The van der Waals surface area contributed by atoms with Gasteiger partial charge in [-0.05, 0) is 30.7 Å². The zero-order valence-electron chi connectivity index (χ0n) is 15.3. The Hall–Kier alpha value is -2.67. The molecule has 2 heterocycles. The second-order valence-corrected chi connectivity index (χ2v) is 8.48. The Morgan fingerprint density at radius 1 is 1.17 bits per heavy atom.